The fourth-order valence-corrected chi connectivity index (χ4v) is 2.62. The summed E-state index contributed by atoms with van der Waals surface area (Å²) in [6.07, 6.45) is 3.10. The Labute approximate surface area is 123 Å². The average molecular weight is 279 g/mol. The second kappa shape index (κ2) is 5.44. The van der Waals surface area contributed by atoms with Crippen LogP contribution in [0.25, 0.3) is 10.9 Å². The Kier molecular flexibility index (Phi) is 3.48. The van der Waals surface area contributed by atoms with E-state index in [2.05, 4.69) is 12.1 Å². The van der Waals surface area contributed by atoms with Crippen LogP contribution in [0.15, 0.2) is 54.7 Å². The number of carbonyl (C=O) groups is 1. The number of aromatic hydroxyl groups is 1. The number of aromatic nitrogens is 1. The fraction of sp³-hybridized carbons (Fsp3) is 0.167. The van der Waals surface area contributed by atoms with Crippen molar-refractivity contribution in [2.24, 2.45) is 0 Å². The minimum Gasteiger partial charge on any atom is -0.508 e. The standard InChI is InChI=1S/C18H17NO2/c1-2-18(21)19-12-14(10-13-6-4-3-5-7-13)16-9-8-15(20)11-17(16)19/h3-9,11-12,20H,2,10H2,1H3. The number of nitrogens with zero attached hydrogens (tertiary/aromatic N) is 1. The van der Waals surface area contributed by atoms with Crippen LogP contribution in [-0.2, 0) is 6.42 Å². The molecule has 0 aliphatic heterocycles. The highest BCUT2D eigenvalue weighted by molar-refractivity contribution is 5.95. The van der Waals surface area contributed by atoms with E-state index in [1.807, 2.05) is 37.4 Å². The van der Waals surface area contributed by atoms with Crippen molar-refractivity contribution in [3.63, 3.8) is 0 Å². The molecule has 3 aromatic rings. The summed E-state index contributed by atoms with van der Waals surface area (Å²) in [5.74, 6) is 0.210. The quantitative estimate of drug-likeness (QED) is 0.787. The molecule has 3 heteroatoms. The number of rotatable bonds is 3. The summed E-state index contributed by atoms with van der Waals surface area (Å²) in [5, 5.41) is 10.7. The van der Waals surface area contributed by atoms with Crippen LogP contribution in [0.2, 0.25) is 0 Å². The van der Waals surface area contributed by atoms with Gasteiger partial charge in [0.05, 0.1) is 5.52 Å². The zero-order valence-corrected chi connectivity index (χ0v) is 11.9. The highest BCUT2D eigenvalue weighted by Gasteiger charge is 2.13. The molecule has 21 heavy (non-hydrogen) atoms. The van der Waals surface area contributed by atoms with Crippen molar-refractivity contribution in [1.82, 2.24) is 4.57 Å². The molecule has 3 nitrogen and oxygen atoms in total. The summed E-state index contributed by atoms with van der Waals surface area (Å²) in [5.41, 5.74) is 3.07. The first kappa shape index (κ1) is 13.4. The maximum absolute atomic E-state index is 12.1. The third-order valence-electron chi connectivity index (χ3n) is 3.68. The maximum Gasteiger partial charge on any atom is 0.230 e. The number of hydrogen-bond acceptors (Lipinski definition) is 2. The Bertz CT molecular complexity index is 788. The van der Waals surface area contributed by atoms with Gasteiger partial charge in [0.2, 0.25) is 5.91 Å². The Hall–Kier alpha value is -2.55. The van der Waals surface area contributed by atoms with Gasteiger partial charge in [-0.1, -0.05) is 37.3 Å². The molecule has 3 rings (SSSR count). The Balaban J connectivity index is 2.12. The first-order chi connectivity index (χ1) is 10.2. The van der Waals surface area contributed by atoms with E-state index in [1.54, 1.807) is 16.7 Å². The van der Waals surface area contributed by atoms with Crippen LogP contribution in [0.3, 0.4) is 0 Å². The topological polar surface area (TPSA) is 42.2 Å². The summed E-state index contributed by atoms with van der Waals surface area (Å²) in [6.45, 7) is 1.84. The molecule has 0 saturated heterocycles. The molecule has 1 aromatic heterocycles. The van der Waals surface area contributed by atoms with E-state index < -0.39 is 0 Å². The van der Waals surface area contributed by atoms with Crippen LogP contribution in [0, 0.1) is 0 Å². The van der Waals surface area contributed by atoms with Crippen LogP contribution in [-0.4, -0.2) is 15.6 Å². The maximum atomic E-state index is 12.1. The van der Waals surface area contributed by atoms with Crippen LogP contribution >= 0.6 is 0 Å². The van der Waals surface area contributed by atoms with E-state index in [9.17, 15) is 9.90 Å². The fourth-order valence-electron chi connectivity index (χ4n) is 2.62. The van der Waals surface area contributed by atoms with Gasteiger partial charge in [-0.3, -0.25) is 9.36 Å². The Morgan fingerprint density at radius 3 is 2.62 bits per heavy atom. The van der Waals surface area contributed by atoms with Gasteiger partial charge in [0, 0.05) is 24.1 Å². The molecule has 0 unspecified atom stereocenters. The average Bonchev–Trinajstić information content (AvgIpc) is 2.85. The van der Waals surface area contributed by atoms with Gasteiger partial charge in [-0.25, -0.2) is 0 Å². The zero-order chi connectivity index (χ0) is 14.8. The molecule has 0 amide bonds. The minimum absolute atomic E-state index is 0.0323. The van der Waals surface area contributed by atoms with Gasteiger partial charge in [0.25, 0.3) is 0 Å². The van der Waals surface area contributed by atoms with E-state index >= 15 is 0 Å². The molecule has 1 N–H and O–H groups in total. The van der Waals surface area contributed by atoms with Gasteiger partial charge in [0.1, 0.15) is 5.75 Å². The van der Waals surface area contributed by atoms with Crippen LogP contribution in [0.5, 0.6) is 5.75 Å². The first-order valence-corrected chi connectivity index (χ1v) is 7.09. The summed E-state index contributed by atoms with van der Waals surface area (Å²) in [6, 6.07) is 15.4. The largest absolute Gasteiger partial charge is 0.508 e. The van der Waals surface area contributed by atoms with E-state index in [-0.39, 0.29) is 11.7 Å². The van der Waals surface area contributed by atoms with Gasteiger partial charge in [0.15, 0.2) is 0 Å². The van der Waals surface area contributed by atoms with Crippen molar-refractivity contribution in [3.05, 3.63) is 65.9 Å². The molecule has 2 aromatic carbocycles. The van der Waals surface area contributed by atoms with Gasteiger partial charge in [-0.05, 0) is 29.7 Å². The van der Waals surface area contributed by atoms with E-state index in [1.165, 1.54) is 5.56 Å². The summed E-state index contributed by atoms with van der Waals surface area (Å²) in [4.78, 5) is 12.1. The van der Waals surface area contributed by atoms with Gasteiger partial charge < -0.3 is 5.11 Å². The molecule has 0 aliphatic rings. The Morgan fingerprint density at radius 1 is 1.14 bits per heavy atom. The molecule has 0 fully saturated rings. The molecule has 0 saturated carbocycles. The highest BCUT2D eigenvalue weighted by Crippen LogP contribution is 2.27. The highest BCUT2D eigenvalue weighted by atomic mass is 16.3. The number of hydrogen-bond donors (Lipinski definition) is 1. The smallest absolute Gasteiger partial charge is 0.230 e. The number of fused-ring (bicyclic) bond motifs is 1. The molecule has 0 bridgehead atoms. The van der Waals surface area contributed by atoms with Crippen molar-refractivity contribution in [3.8, 4) is 5.75 Å². The predicted molar refractivity (Wildman–Crippen MR) is 83.8 cm³/mol. The third-order valence-corrected chi connectivity index (χ3v) is 3.68. The molecular formula is C18H17NO2. The molecule has 0 radical (unpaired) electrons. The Morgan fingerprint density at radius 2 is 1.90 bits per heavy atom. The molecule has 0 atom stereocenters. The van der Waals surface area contributed by atoms with Crippen LogP contribution in [0.1, 0.15) is 29.3 Å². The molecule has 1 heterocycles. The lowest BCUT2D eigenvalue weighted by Crippen LogP contribution is -2.06. The predicted octanol–water partition coefficient (Wildman–Crippen LogP) is 3.99. The number of phenols is 1. The van der Waals surface area contributed by atoms with E-state index in [0.717, 1.165) is 22.9 Å². The van der Waals surface area contributed by atoms with Gasteiger partial charge in [-0.2, -0.15) is 0 Å². The third kappa shape index (κ3) is 2.55. The van der Waals surface area contributed by atoms with Crippen molar-refractivity contribution in [2.45, 2.75) is 19.8 Å². The molecule has 106 valence electrons. The molecule has 0 spiro atoms. The SMILES string of the molecule is CCC(=O)n1cc(Cc2ccccc2)c2ccc(O)cc21. The first-order valence-electron chi connectivity index (χ1n) is 7.09. The second-order valence-electron chi connectivity index (χ2n) is 5.14. The summed E-state index contributed by atoms with van der Waals surface area (Å²) < 4.78 is 1.65. The monoisotopic (exact) mass is 279 g/mol. The van der Waals surface area contributed by atoms with Gasteiger partial charge >= 0.3 is 0 Å². The molecule has 0 aliphatic carbocycles. The number of phenolic OH excluding ortho intramolecular Hbond substituents is 1. The van der Waals surface area contributed by atoms with Crippen LogP contribution in [0.4, 0.5) is 0 Å². The van der Waals surface area contributed by atoms with Crippen molar-refractivity contribution < 1.29 is 9.90 Å². The summed E-state index contributed by atoms with van der Waals surface area (Å²) in [7, 11) is 0. The van der Waals surface area contributed by atoms with Gasteiger partial charge in [-0.15, -0.1) is 0 Å². The van der Waals surface area contributed by atoms with E-state index in [4.69, 9.17) is 0 Å². The normalized spacial score (nSPS) is 10.9. The zero-order valence-electron chi connectivity index (χ0n) is 11.9. The lowest BCUT2D eigenvalue weighted by molar-refractivity contribution is 0.0914. The van der Waals surface area contributed by atoms with Crippen molar-refractivity contribution >= 4 is 16.8 Å². The summed E-state index contributed by atoms with van der Waals surface area (Å²) >= 11 is 0. The lowest BCUT2D eigenvalue weighted by Gasteiger charge is -2.01. The molecular weight excluding hydrogens is 262 g/mol. The lowest BCUT2D eigenvalue weighted by atomic mass is 10.0. The number of benzene rings is 2. The van der Waals surface area contributed by atoms with E-state index in [0.29, 0.717) is 6.42 Å². The van der Waals surface area contributed by atoms with Crippen molar-refractivity contribution in [1.29, 1.82) is 0 Å². The minimum atomic E-state index is 0.0323. The van der Waals surface area contributed by atoms with Crippen LogP contribution < -0.4 is 0 Å². The second-order valence-corrected chi connectivity index (χ2v) is 5.14. The number of carbonyl (C=O) groups excluding carboxylic acids is 1. The van der Waals surface area contributed by atoms with Crippen molar-refractivity contribution in [2.75, 3.05) is 0 Å².